The van der Waals surface area contributed by atoms with Crippen molar-refractivity contribution in [1.29, 1.82) is 5.26 Å². The minimum absolute atomic E-state index is 0.00629. The molecule has 2 atom stereocenters. The molecule has 0 heterocycles. The summed E-state index contributed by atoms with van der Waals surface area (Å²) in [6.45, 7) is -0.179. The number of benzene rings is 3. The Morgan fingerprint density at radius 3 is 2.37 bits per heavy atom. The number of para-hydroxylation sites is 2. The molecule has 0 bridgehead atoms. The summed E-state index contributed by atoms with van der Waals surface area (Å²) in [5.41, 5.74) is 1.38. The molecular weight excluding hydrogens is 508 g/mol. The number of thiol groups is 1. The second kappa shape index (κ2) is 15.1. The normalized spacial score (nSPS) is 11.9. The average Bonchev–Trinajstić information content (AvgIpc) is 2.95. The van der Waals surface area contributed by atoms with Gasteiger partial charge in [0.15, 0.2) is 6.10 Å². The van der Waals surface area contributed by atoms with Gasteiger partial charge in [0.05, 0.1) is 30.6 Å². The highest BCUT2D eigenvalue weighted by atomic mass is 32.1. The molecule has 3 aromatic rings. The number of esters is 1. The Morgan fingerprint density at radius 2 is 1.68 bits per heavy atom. The van der Waals surface area contributed by atoms with Gasteiger partial charge >= 0.3 is 12.1 Å². The standard InChI is InChI=1S/C28H28N2O7S/c29-18-20-10-12-21(13-11-20)30-28(33)37-27(23-8-4-5-9-24(23)34-17-15-31)25(14-16-35-26(32)19-38)36-22-6-2-1-3-7-22/h1-13,25,27,31,38H,14-17,19H2,(H,30,33)/t25-,27-/m0/s1. The van der Waals surface area contributed by atoms with Crippen LogP contribution in [-0.4, -0.2) is 48.8 Å². The van der Waals surface area contributed by atoms with E-state index in [-0.39, 0.29) is 32.0 Å². The summed E-state index contributed by atoms with van der Waals surface area (Å²) in [6, 6.07) is 24.2. The van der Waals surface area contributed by atoms with Crippen LogP contribution in [0.25, 0.3) is 0 Å². The van der Waals surface area contributed by atoms with Gasteiger partial charge in [-0.2, -0.15) is 17.9 Å². The molecule has 0 saturated carbocycles. The van der Waals surface area contributed by atoms with Crippen molar-refractivity contribution >= 4 is 30.4 Å². The molecule has 9 nitrogen and oxygen atoms in total. The summed E-state index contributed by atoms with van der Waals surface area (Å²) in [4.78, 5) is 24.7. The molecule has 1 amide bonds. The lowest BCUT2D eigenvalue weighted by Crippen LogP contribution is -2.32. The van der Waals surface area contributed by atoms with E-state index in [2.05, 4.69) is 17.9 Å². The van der Waals surface area contributed by atoms with Gasteiger partial charge in [0.2, 0.25) is 0 Å². The number of rotatable bonds is 13. The van der Waals surface area contributed by atoms with E-state index in [9.17, 15) is 14.7 Å². The lowest BCUT2D eigenvalue weighted by atomic mass is 10.0. The number of nitrogens with one attached hydrogen (secondary N) is 1. The zero-order valence-electron chi connectivity index (χ0n) is 20.5. The quantitative estimate of drug-likeness (QED) is 0.215. The Kier molecular flexibility index (Phi) is 11.3. The third-order valence-electron chi connectivity index (χ3n) is 5.23. The molecule has 198 valence electrons. The third-order valence-corrected chi connectivity index (χ3v) is 5.49. The number of hydrogen-bond donors (Lipinski definition) is 3. The summed E-state index contributed by atoms with van der Waals surface area (Å²) >= 11 is 3.93. The first-order chi connectivity index (χ1) is 18.5. The maximum Gasteiger partial charge on any atom is 0.412 e. The van der Waals surface area contributed by atoms with Gasteiger partial charge in [-0.3, -0.25) is 10.1 Å². The number of nitrogens with zero attached hydrogens (tertiary/aromatic N) is 1. The molecule has 0 unspecified atom stereocenters. The SMILES string of the molecule is N#Cc1ccc(NC(=O)O[C@@H](c2ccccc2OCCO)[C@H](CCOC(=O)CS)Oc2ccccc2)cc1. The van der Waals surface area contributed by atoms with Crippen LogP contribution < -0.4 is 14.8 Å². The molecule has 0 saturated heterocycles. The Hall–Kier alpha value is -4.20. The van der Waals surface area contributed by atoms with Gasteiger partial charge < -0.3 is 24.1 Å². The zero-order valence-corrected chi connectivity index (χ0v) is 21.4. The van der Waals surface area contributed by atoms with E-state index in [1.807, 2.05) is 12.1 Å². The van der Waals surface area contributed by atoms with Crippen LogP contribution >= 0.6 is 12.6 Å². The molecule has 10 heteroatoms. The fraction of sp³-hybridized carbons (Fsp3) is 0.250. The highest BCUT2D eigenvalue weighted by Crippen LogP contribution is 2.34. The van der Waals surface area contributed by atoms with Crippen LogP contribution in [0.3, 0.4) is 0 Å². The highest BCUT2D eigenvalue weighted by Gasteiger charge is 2.32. The summed E-state index contributed by atoms with van der Waals surface area (Å²) in [6.07, 6.45) is -2.39. The molecule has 0 radical (unpaired) electrons. The first-order valence-electron chi connectivity index (χ1n) is 11.8. The number of ether oxygens (including phenoxy) is 4. The highest BCUT2D eigenvalue weighted by molar-refractivity contribution is 7.81. The van der Waals surface area contributed by atoms with E-state index in [1.165, 1.54) is 0 Å². The molecule has 0 fully saturated rings. The van der Waals surface area contributed by atoms with Crippen molar-refractivity contribution in [1.82, 2.24) is 0 Å². The fourth-order valence-corrected chi connectivity index (χ4v) is 3.60. The molecule has 0 spiro atoms. The fourth-order valence-electron chi connectivity index (χ4n) is 3.51. The molecule has 0 aromatic heterocycles. The van der Waals surface area contributed by atoms with Gasteiger partial charge in [-0.15, -0.1) is 0 Å². The van der Waals surface area contributed by atoms with Crippen molar-refractivity contribution < 1.29 is 33.6 Å². The van der Waals surface area contributed by atoms with Gasteiger partial charge in [0, 0.05) is 17.7 Å². The van der Waals surface area contributed by atoms with Gasteiger partial charge in [-0.25, -0.2) is 4.79 Å². The first kappa shape index (κ1) is 28.4. The van der Waals surface area contributed by atoms with Crippen LogP contribution in [0.4, 0.5) is 10.5 Å². The van der Waals surface area contributed by atoms with Crippen LogP contribution in [0.2, 0.25) is 0 Å². The maximum absolute atomic E-state index is 13.0. The van der Waals surface area contributed by atoms with Gasteiger partial charge in [-0.05, 0) is 42.5 Å². The van der Waals surface area contributed by atoms with Gasteiger partial charge in [-0.1, -0.05) is 36.4 Å². The van der Waals surface area contributed by atoms with E-state index >= 15 is 0 Å². The maximum atomic E-state index is 13.0. The molecule has 3 aromatic carbocycles. The van der Waals surface area contributed by atoms with Crippen LogP contribution in [-0.2, 0) is 14.3 Å². The number of aliphatic hydroxyl groups is 1. The molecule has 2 N–H and O–H groups in total. The molecular formula is C28H28N2O7S. The summed E-state index contributed by atoms with van der Waals surface area (Å²) in [5, 5.41) is 20.9. The van der Waals surface area contributed by atoms with E-state index in [0.717, 1.165) is 0 Å². The van der Waals surface area contributed by atoms with Crippen molar-refractivity contribution in [2.75, 3.05) is 30.9 Å². The smallest absolute Gasteiger partial charge is 0.412 e. The summed E-state index contributed by atoms with van der Waals surface area (Å²) in [5.74, 6) is 0.351. The topological polar surface area (TPSA) is 127 Å². The number of hydrogen-bond acceptors (Lipinski definition) is 9. The minimum atomic E-state index is -1.00. The first-order valence-corrected chi connectivity index (χ1v) is 12.5. The van der Waals surface area contributed by atoms with Crippen LogP contribution in [0.5, 0.6) is 11.5 Å². The van der Waals surface area contributed by atoms with Crippen molar-refractivity contribution in [2.45, 2.75) is 18.6 Å². The average molecular weight is 537 g/mol. The van der Waals surface area contributed by atoms with Gasteiger partial charge in [0.1, 0.15) is 24.2 Å². The predicted molar refractivity (Wildman–Crippen MR) is 143 cm³/mol. The monoisotopic (exact) mass is 536 g/mol. The molecule has 3 rings (SSSR count). The van der Waals surface area contributed by atoms with E-state index in [0.29, 0.717) is 28.3 Å². The van der Waals surface area contributed by atoms with E-state index in [1.54, 1.807) is 72.8 Å². The number of carbonyl (C=O) groups is 2. The largest absolute Gasteiger partial charge is 0.491 e. The van der Waals surface area contributed by atoms with Crippen molar-refractivity contribution in [3.63, 3.8) is 0 Å². The lowest BCUT2D eigenvalue weighted by molar-refractivity contribution is -0.141. The zero-order chi connectivity index (χ0) is 27.2. The number of amides is 1. The van der Waals surface area contributed by atoms with Crippen molar-refractivity contribution in [3.05, 3.63) is 90.0 Å². The number of anilines is 1. The Morgan fingerprint density at radius 1 is 0.974 bits per heavy atom. The Bertz CT molecular complexity index is 1220. The van der Waals surface area contributed by atoms with Crippen LogP contribution in [0.15, 0.2) is 78.9 Å². The second-order valence-electron chi connectivity index (χ2n) is 7.89. The van der Waals surface area contributed by atoms with Crippen LogP contribution in [0.1, 0.15) is 23.7 Å². The molecule has 38 heavy (non-hydrogen) atoms. The third kappa shape index (κ3) is 8.73. The molecule has 0 aliphatic heterocycles. The molecule has 0 aliphatic rings. The van der Waals surface area contributed by atoms with Crippen molar-refractivity contribution in [3.8, 4) is 17.6 Å². The molecule has 0 aliphatic carbocycles. The number of carbonyl (C=O) groups excluding carboxylic acids is 2. The summed E-state index contributed by atoms with van der Waals surface area (Å²) in [7, 11) is 0. The second-order valence-corrected chi connectivity index (χ2v) is 8.20. The number of aliphatic hydroxyl groups excluding tert-OH is 1. The predicted octanol–water partition coefficient (Wildman–Crippen LogP) is 4.53. The van der Waals surface area contributed by atoms with Crippen molar-refractivity contribution in [2.24, 2.45) is 0 Å². The van der Waals surface area contributed by atoms with E-state index in [4.69, 9.17) is 24.2 Å². The minimum Gasteiger partial charge on any atom is -0.491 e. The lowest BCUT2D eigenvalue weighted by Gasteiger charge is -2.29. The van der Waals surface area contributed by atoms with Gasteiger partial charge in [0.25, 0.3) is 0 Å². The van der Waals surface area contributed by atoms with E-state index < -0.39 is 24.3 Å². The van der Waals surface area contributed by atoms with Crippen LogP contribution in [0, 0.1) is 11.3 Å². The summed E-state index contributed by atoms with van der Waals surface area (Å²) < 4.78 is 23.1. The number of nitriles is 1. The Balaban J connectivity index is 1.93. The Labute approximate surface area is 226 Å².